The number of ketones is 1. The fraction of sp³-hybridized carbons (Fsp3) is 0.250. The average molecular weight is 391 g/mol. The molecule has 1 aromatic carbocycles. The summed E-state index contributed by atoms with van der Waals surface area (Å²) in [5, 5.41) is 19.3. The van der Waals surface area contributed by atoms with Crippen LogP contribution in [0.3, 0.4) is 0 Å². The van der Waals surface area contributed by atoms with Gasteiger partial charge in [0.2, 0.25) is 5.95 Å². The monoisotopic (exact) mass is 391 g/mol. The Morgan fingerprint density at radius 3 is 2.83 bits per heavy atom. The second-order valence-corrected chi connectivity index (χ2v) is 7.21. The number of anilines is 1. The van der Waals surface area contributed by atoms with Gasteiger partial charge in [-0.1, -0.05) is 12.1 Å². The Balaban J connectivity index is 1.68. The molecule has 0 amide bonds. The van der Waals surface area contributed by atoms with Crippen molar-refractivity contribution < 1.29 is 14.1 Å². The number of nitrogens with one attached hydrogen (secondary N) is 1. The van der Waals surface area contributed by atoms with Crippen LogP contribution >= 0.6 is 0 Å². The fourth-order valence-corrected chi connectivity index (χ4v) is 4.22. The van der Waals surface area contributed by atoms with Crippen LogP contribution in [0.25, 0.3) is 0 Å². The molecule has 0 saturated carbocycles. The lowest BCUT2D eigenvalue weighted by Crippen LogP contribution is -2.33. The molecule has 1 aliphatic heterocycles. The normalized spacial score (nSPS) is 20.8. The number of benzene rings is 1. The molecule has 1 N–H and O–H groups in total. The first-order valence-electron chi connectivity index (χ1n) is 9.26. The number of hydrogen-bond donors (Lipinski definition) is 1. The third-order valence-electron chi connectivity index (χ3n) is 5.40. The van der Waals surface area contributed by atoms with E-state index >= 15 is 0 Å². The number of carbonyl (C=O) groups is 1. The molecule has 1 aliphatic carbocycles. The third-order valence-corrected chi connectivity index (χ3v) is 5.40. The van der Waals surface area contributed by atoms with Crippen molar-refractivity contribution in [2.75, 3.05) is 5.32 Å². The zero-order valence-electron chi connectivity index (χ0n) is 15.5. The van der Waals surface area contributed by atoms with Gasteiger partial charge in [-0.3, -0.25) is 14.9 Å². The van der Waals surface area contributed by atoms with Crippen LogP contribution in [0.1, 0.15) is 41.9 Å². The van der Waals surface area contributed by atoms with Gasteiger partial charge in [-0.2, -0.15) is 10.1 Å². The Labute approximate surface area is 165 Å². The lowest BCUT2D eigenvalue weighted by molar-refractivity contribution is -0.385. The molecular weight excluding hydrogens is 374 g/mol. The van der Waals surface area contributed by atoms with E-state index in [1.807, 2.05) is 6.07 Å². The minimum absolute atomic E-state index is 0.0497. The van der Waals surface area contributed by atoms with Gasteiger partial charge in [0.15, 0.2) is 5.78 Å². The molecule has 0 unspecified atom stereocenters. The standard InChI is InChI=1S/C20H17N5O4/c1-11-21-20-22-14-9-12(17-7-4-8-29-17)10-16(26)18(14)19(24(20)23-11)13-5-2-3-6-15(13)25(27)28/h2-8,12,19H,9-10H2,1H3,(H,21,22,23)/t12-,19+/m0/s1. The Morgan fingerprint density at radius 1 is 1.24 bits per heavy atom. The summed E-state index contributed by atoms with van der Waals surface area (Å²) in [6.07, 6.45) is 2.42. The van der Waals surface area contributed by atoms with Crippen molar-refractivity contribution in [3.05, 3.63) is 81.2 Å². The van der Waals surface area contributed by atoms with E-state index in [9.17, 15) is 14.9 Å². The number of fused-ring (bicyclic) bond motifs is 1. The number of allylic oxidation sites excluding steroid dienone is 2. The molecule has 3 heterocycles. The zero-order chi connectivity index (χ0) is 20.1. The van der Waals surface area contributed by atoms with Crippen molar-refractivity contribution in [2.24, 2.45) is 0 Å². The number of aromatic nitrogens is 3. The zero-order valence-corrected chi connectivity index (χ0v) is 15.5. The number of nitrogens with zero attached hydrogens (tertiary/aromatic N) is 4. The molecule has 146 valence electrons. The van der Waals surface area contributed by atoms with E-state index in [1.165, 1.54) is 6.07 Å². The number of furan rings is 1. The summed E-state index contributed by atoms with van der Waals surface area (Å²) >= 11 is 0. The molecule has 9 heteroatoms. The van der Waals surface area contributed by atoms with E-state index in [0.717, 1.165) is 5.76 Å². The molecule has 0 radical (unpaired) electrons. The van der Waals surface area contributed by atoms with E-state index in [4.69, 9.17) is 4.42 Å². The smallest absolute Gasteiger partial charge is 0.275 e. The number of para-hydroxylation sites is 1. The summed E-state index contributed by atoms with van der Waals surface area (Å²) < 4.78 is 7.08. The van der Waals surface area contributed by atoms with Gasteiger partial charge < -0.3 is 9.73 Å². The molecule has 29 heavy (non-hydrogen) atoms. The summed E-state index contributed by atoms with van der Waals surface area (Å²) in [5.74, 6) is 1.56. The highest BCUT2D eigenvalue weighted by molar-refractivity contribution is 6.00. The average Bonchev–Trinajstić information content (AvgIpc) is 3.35. The first kappa shape index (κ1) is 17.4. The minimum Gasteiger partial charge on any atom is -0.469 e. The van der Waals surface area contributed by atoms with Crippen molar-refractivity contribution in [3.8, 4) is 0 Å². The van der Waals surface area contributed by atoms with Crippen molar-refractivity contribution in [1.29, 1.82) is 0 Å². The molecule has 0 spiro atoms. The van der Waals surface area contributed by atoms with Crippen molar-refractivity contribution in [2.45, 2.75) is 31.7 Å². The van der Waals surface area contributed by atoms with Gasteiger partial charge in [-0.05, 0) is 31.5 Å². The van der Waals surface area contributed by atoms with Gasteiger partial charge >= 0.3 is 0 Å². The molecule has 2 aromatic heterocycles. The number of Topliss-reactive ketones (excluding diaryl/α,β-unsaturated/α-hetero) is 1. The van der Waals surface area contributed by atoms with Gasteiger partial charge in [-0.25, -0.2) is 4.68 Å². The summed E-state index contributed by atoms with van der Waals surface area (Å²) in [5.41, 5.74) is 1.58. The minimum atomic E-state index is -0.700. The SMILES string of the molecule is Cc1nc2n(n1)[C@H](c1ccccc1[N+](=O)[O-])C1=C(C[C@H](c3ccco3)CC1=O)N2. The quantitative estimate of drug-likeness (QED) is 0.536. The predicted molar refractivity (Wildman–Crippen MR) is 102 cm³/mol. The molecule has 2 aliphatic rings. The first-order valence-corrected chi connectivity index (χ1v) is 9.26. The van der Waals surface area contributed by atoms with Crippen molar-refractivity contribution in [3.63, 3.8) is 0 Å². The lowest BCUT2D eigenvalue weighted by atomic mass is 9.79. The number of nitro groups is 1. The van der Waals surface area contributed by atoms with E-state index in [1.54, 1.807) is 42.1 Å². The van der Waals surface area contributed by atoms with E-state index < -0.39 is 11.0 Å². The van der Waals surface area contributed by atoms with E-state index in [-0.39, 0.29) is 23.8 Å². The van der Waals surface area contributed by atoms with Gasteiger partial charge in [0.1, 0.15) is 17.6 Å². The van der Waals surface area contributed by atoms with Gasteiger partial charge in [0.05, 0.1) is 16.7 Å². The largest absolute Gasteiger partial charge is 0.469 e. The topological polar surface area (TPSA) is 116 Å². The van der Waals surface area contributed by atoms with Crippen LogP contribution in [0.2, 0.25) is 0 Å². The highest BCUT2D eigenvalue weighted by Crippen LogP contribution is 2.45. The molecule has 9 nitrogen and oxygen atoms in total. The number of nitro benzene ring substituents is 1. The highest BCUT2D eigenvalue weighted by atomic mass is 16.6. The molecule has 3 aromatic rings. The lowest BCUT2D eigenvalue weighted by Gasteiger charge is -2.34. The first-order chi connectivity index (χ1) is 14.0. The number of carbonyl (C=O) groups excluding carboxylic acids is 1. The maximum Gasteiger partial charge on any atom is 0.275 e. The summed E-state index contributed by atoms with van der Waals surface area (Å²) in [4.78, 5) is 28.9. The van der Waals surface area contributed by atoms with E-state index in [2.05, 4.69) is 15.4 Å². The van der Waals surface area contributed by atoms with Crippen LogP contribution in [0, 0.1) is 17.0 Å². The van der Waals surface area contributed by atoms with Crippen molar-refractivity contribution >= 4 is 17.4 Å². The van der Waals surface area contributed by atoms with Crippen LogP contribution in [0.5, 0.6) is 0 Å². The van der Waals surface area contributed by atoms with Crippen LogP contribution < -0.4 is 5.32 Å². The summed E-state index contributed by atoms with van der Waals surface area (Å²) in [7, 11) is 0. The molecule has 2 atom stereocenters. The van der Waals surface area contributed by atoms with Crippen LogP contribution in [-0.4, -0.2) is 25.5 Å². The third kappa shape index (κ3) is 2.74. The van der Waals surface area contributed by atoms with Gasteiger partial charge in [0.25, 0.3) is 5.69 Å². The maximum absolute atomic E-state index is 13.2. The van der Waals surface area contributed by atoms with Crippen LogP contribution in [0.4, 0.5) is 11.6 Å². The predicted octanol–water partition coefficient (Wildman–Crippen LogP) is 3.50. The Kier molecular flexibility index (Phi) is 3.83. The summed E-state index contributed by atoms with van der Waals surface area (Å²) in [6.45, 7) is 1.75. The highest BCUT2D eigenvalue weighted by Gasteiger charge is 2.42. The molecule has 5 rings (SSSR count). The second-order valence-electron chi connectivity index (χ2n) is 7.21. The van der Waals surface area contributed by atoms with E-state index in [0.29, 0.717) is 35.0 Å². The molecule has 0 bridgehead atoms. The Morgan fingerprint density at radius 2 is 2.07 bits per heavy atom. The van der Waals surface area contributed by atoms with Gasteiger partial charge in [-0.15, -0.1) is 0 Å². The Hall–Kier alpha value is -3.75. The van der Waals surface area contributed by atoms with Crippen LogP contribution in [0.15, 0.2) is 58.3 Å². The summed E-state index contributed by atoms with van der Waals surface area (Å²) in [6, 6.07) is 9.42. The van der Waals surface area contributed by atoms with Crippen molar-refractivity contribution in [1.82, 2.24) is 14.8 Å². The number of aryl methyl sites for hydroxylation is 1. The fourth-order valence-electron chi connectivity index (χ4n) is 4.22. The van der Waals surface area contributed by atoms with Gasteiger partial charge in [0, 0.05) is 29.7 Å². The Bertz CT molecular complexity index is 1160. The second kappa shape index (κ2) is 6.40. The maximum atomic E-state index is 13.2. The molecule has 0 fully saturated rings. The molecular formula is C20H17N5O4. The number of hydrogen-bond acceptors (Lipinski definition) is 7. The van der Waals surface area contributed by atoms with Crippen LogP contribution in [-0.2, 0) is 4.79 Å². The number of rotatable bonds is 3. The molecule has 0 saturated heterocycles.